The summed E-state index contributed by atoms with van der Waals surface area (Å²) < 4.78 is 0. The van der Waals surface area contributed by atoms with Gasteiger partial charge in [0.2, 0.25) is 5.91 Å². The summed E-state index contributed by atoms with van der Waals surface area (Å²) >= 11 is 7.27. The molecule has 110 valence electrons. The van der Waals surface area contributed by atoms with E-state index in [1.165, 1.54) is 11.3 Å². The highest BCUT2D eigenvalue weighted by atomic mass is 35.5. The van der Waals surface area contributed by atoms with Gasteiger partial charge in [0.1, 0.15) is 0 Å². The van der Waals surface area contributed by atoms with Crippen molar-refractivity contribution in [3.8, 4) is 11.3 Å². The summed E-state index contributed by atoms with van der Waals surface area (Å²) in [6.45, 7) is 1.91. The largest absolute Gasteiger partial charge is 0.481 e. The number of carbonyl (C=O) groups excluding carboxylic acids is 1. The Hall–Kier alpha value is -1.92. The van der Waals surface area contributed by atoms with Crippen LogP contribution >= 0.6 is 22.9 Å². The van der Waals surface area contributed by atoms with Crippen LogP contribution in [-0.2, 0) is 9.59 Å². The van der Waals surface area contributed by atoms with Crippen molar-refractivity contribution >= 4 is 39.9 Å². The van der Waals surface area contributed by atoms with Crippen molar-refractivity contribution in [1.82, 2.24) is 4.98 Å². The van der Waals surface area contributed by atoms with E-state index in [2.05, 4.69) is 10.3 Å². The summed E-state index contributed by atoms with van der Waals surface area (Å²) in [6, 6.07) is 5.59. The fourth-order valence-corrected chi connectivity index (χ4v) is 2.52. The number of rotatable bonds is 5. The van der Waals surface area contributed by atoms with E-state index in [0.717, 1.165) is 16.8 Å². The van der Waals surface area contributed by atoms with Crippen LogP contribution in [0.5, 0.6) is 0 Å². The molecule has 0 fully saturated rings. The Bertz CT molecular complexity index is 685. The monoisotopic (exact) mass is 324 g/mol. The van der Waals surface area contributed by atoms with E-state index < -0.39 is 5.97 Å². The fraction of sp³-hybridized carbons (Fsp3) is 0.214. The van der Waals surface area contributed by atoms with Gasteiger partial charge in [-0.05, 0) is 24.6 Å². The number of halogens is 1. The van der Waals surface area contributed by atoms with Gasteiger partial charge in [-0.25, -0.2) is 4.98 Å². The molecule has 2 aromatic rings. The maximum atomic E-state index is 11.5. The topological polar surface area (TPSA) is 79.3 Å². The normalized spacial score (nSPS) is 10.4. The Morgan fingerprint density at radius 1 is 1.38 bits per heavy atom. The lowest BCUT2D eigenvalue weighted by Crippen LogP contribution is -2.12. The highest BCUT2D eigenvalue weighted by Crippen LogP contribution is 2.27. The lowest BCUT2D eigenvalue weighted by molar-refractivity contribution is -0.138. The zero-order chi connectivity index (χ0) is 15.4. The van der Waals surface area contributed by atoms with Crippen LogP contribution in [0.1, 0.15) is 18.4 Å². The third-order valence-electron chi connectivity index (χ3n) is 2.77. The Balaban J connectivity index is 2.05. The van der Waals surface area contributed by atoms with E-state index in [1.54, 1.807) is 6.07 Å². The van der Waals surface area contributed by atoms with E-state index in [4.69, 9.17) is 16.7 Å². The molecule has 0 saturated heterocycles. The molecule has 0 saturated carbocycles. The molecule has 5 nitrogen and oxygen atoms in total. The molecule has 0 radical (unpaired) electrons. The number of carboxylic acids is 1. The zero-order valence-corrected chi connectivity index (χ0v) is 12.8. The summed E-state index contributed by atoms with van der Waals surface area (Å²) in [6.07, 6.45) is -0.259. The number of anilines is 1. The van der Waals surface area contributed by atoms with Crippen LogP contribution < -0.4 is 5.32 Å². The number of aromatic nitrogens is 1. The standard InChI is InChI=1S/C14H13ClN2O3S/c1-8-6-9(2-3-10(8)15)11-7-21-14(16-11)17-12(18)4-5-13(19)20/h2-3,6-7H,4-5H2,1H3,(H,19,20)(H,16,17,18). The molecule has 7 heteroatoms. The zero-order valence-electron chi connectivity index (χ0n) is 11.2. The molecule has 0 unspecified atom stereocenters. The van der Waals surface area contributed by atoms with Crippen LogP contribution in [0.25, 0.3) is 11.3 Å². The summed E-state index contributed by atoms with van der Waals surface area (Å²) in [5.41, 5.74) is 2.61. The van der Waals surface area contributed by atoms with Crippen molar-refractivity contribution < 1.29 is 14.7 Å². The van der Waals surface area contributed by atoms with Crippen molar-refractivity contribution in [2.24, 2.45) is 0 Å². The SMILES string of the molecule is Cc1cc(-c2csc(NC(=O)CCC(=O)O)n2)ccc1Cl. The number of nitrogens with zero attached hydrogens (tertiary/aromatic N) is 1. The van der Waals surface area contributed by atoms with Gasteiger partial charge in [0.05, 0.1) is 12.1 Å². The molecule has 1 amide bonds. The van der Waals surface area contributed by atoms with Crippen LogP contribution in [-0.4, -0.2) is 22.0 Å². The average molecular weight is 325 g/mol. The van der Waals surface area contributed by atoms with Gasteiger partial charge in [-0.15, -0.1) is 11.3 Å². The second kappa shape index (κ2) is 6.69. The van der Waals surface area contributed by atoms with Gasteiger partial charge in [-0.3, -0.25) is 9.59 Å². The number of carbonyl (C=O) groups is 2. The second-order valence-corrected chi connectivity index (χ2v) is 5.71. The number of hydrogen-bond acceptors (Lipinski definition) is 4. The summed E-state index contributed by atoms with van der Waals surface area (Å²) in [4.78, 5) is 26.3. The number of nitrogens with one attached hydrogen (secondary N) is 1. The smallest absolute Gasteiger partial charge is 0.303 e. The van der Waals surface area contributed by atoms with Crippen LogP contribution in [0.4, 0.5) is 5.13 Å². The number of hydrogen-bond donors (Lipinski definition) is 2. The highest BCUT2D eigenvalue weighted by molar-refractivity contribution is 7.14. The van der Waals surface area contributed by atoms with Gasteiger partial charge in [-0.1, -0.05) is 17.7 Å². The lowest BCUT2D eigenvalue weighted by Gasteiger charge is -2.01. The molecule has 1 heterocycles. The maximum Gasteiger partial charge on any atom is 0.303 e. The molecule has 0 aliphatic rings. The first kappa shape index (κ1) is 15.5. The molecular formula is C14H13ClN2O3S. The van der Waals surface area contributed by atoms with Crippen LogP contribution in [0, 0.1) is 6.92 Å². The molecular weight excluding hydrogens is 312 g/mol. The molecule has 2 rings (SSSR count). The predicted molar refractivity (Wildman–Crippen MR) is 82.8 cm³/mol. The summed E-state index contributed by atoms with van der Waals surface area (Å²) in [5.74, 6) is -1.35. The summed E-state index contributed by atoms with van der Waals surface area (Å²) in [5, 5.41) is 14.1. The Morgan fingerprint density at radius 2 is 2.14 bits per heavy atom. The molecule has 21 heavy (non-hydrogen) atoms. The quantitative estimate of drug-likeness (QED) is 0.881. The van der Waals surface area contributed by atoms with Crippen molar-refractivity contribution in [3.63, 3.8) is 0 Å². The highest BCUT2D eigenvalue weighted by Gasteiger charge is 2.10. The molecule has 0 bridgehead atoms. The lowest BCUT2D eigenvalue weighted by atomic mass is 10.1. The second-order valence-electron chi connectivity index (χ2n) is 4.44. The van der Waals surface area contributed by atoms with Gasteiger partial charge >= 0.3 is 5.97 Å². The van der Waals surface area contributed by atoms with Gasteiger partial charge in [0.25, 0.3) is 0 Å². The minimum atomic E-state index is -0.999. The third kappa shape index (κ3) is 4.27. The first-order valence-electron chi connectivity index (χ1n) is 6.19. The Morgan fingerprint density at radius 3 is 2.81 bits per heavy atom. The van der Waals surface area contributed by atoms with E-state index >= 15 is 0 Å². The number of amides is 1. The van der Waals surface area contributed by atoms with E-state index in [-0.39, 0.29) is 18.7 Å². The molecule has 0 atom stereocenters. The van der Waals surface area contributed by atoms with Crippen molar-refractivity contribution in [1.29, 1.82) is 0 Å². The van der Waals surface area contributed by atoms with Crippen LogP contribution in [0.2, 0.25) is 5.02 Å². The Labute approximate surface area is 130 Å². The number of aryl methyl sites for hydroxylation is 1. The van der Waals surface area contributed by atoms with Gasteiger partial charge < -0.3 is 10.4 Å². The summed E-state index contributed by atoms with van der Waals surface area (Å²) in [7, 11) is 0. The number of aliphatic carboxylic acids is 1. The fourth-order valence-electron chi connectivity index (χ4n) is 1.67. The molecule has 0 spiro atoms. The third-order valence-corrected chi connectivity index (χ3v) is 3.95. The molecule has 0 aliphatic carbocycles. The van der Waals surface area contributed by atoms with E-state index in [0.29, 0.717) is 10.2 Å². The van der Waals surface area contributed by atoms with Crippen molar-refractivity contribution in [2.45, 2.75) is 19.8 Å². The van der Waals surface area contributed by atoms with Gasteiger partial charge in [0, 0.05) is 22.4 Å². The maximum absolute atomic E-state index is 11.5. The van der Waals surface area contributed by atoms with Crippen LogP contribution in [0.15, 0.2) is 23.6 Å². The van der Waals surface area contributed by atoms with Gasteiger partial charge in [0.15, 0.2) is 5.13 Å². The molecule has 1 aromatic heterocycles. The first-order chi connectivity index (χ1) is 9.95. The Kier molecular flexibility index (Phi) is 4.93. The van der Waals surface area contributed by atoms with E-state index in [9.17, 15) is 9.59 Å². The number of thiazole rings is 1. The van der Waals surface area contributed by atoms with Gasteiger partial charge in [-0.2, -0.15) is 0 Å². The average Bonchev–Trinajstić information content (AvgIpc) is 2.88. The van der Waals surface area contributed by atoms with E-state index in [1.807, 2.05) is 24.4 Å². The van der Waals surface area contributed by atoms with Crippen LogP contribution in [0.3, 0.4) is 0 Å². The first-order valence-corrected chi connectivity index (χ1v) is 7.45. The predicted octanol–water partition coefficient (Wildman–Crippen LogP) is 3.58. The molecule has 0 aliphatic heterocycles. The molecule has 2 N–H and O–H groups in total. The number of benzene rings is 1. The molecule has 1 aromatic carbocycles. The number of carboxylic acid groups (broad SMARTS) is 1. The minimum absolute atomic E-state index is 0.0652. The van der Waals surface area contributed by atoms with Crippen molar-refractivity contribution in [2.75, 3.05) is 5.32 Å². The van der Waals surface area contributed by atoms with Crippen molar-refractivity contribution in [3.05, 3.63) is 34.2 Å². The minimum Gasteiger partial charge on any atom is -0.481 e.